The highest BCUT2D eigenvalue weighted by Gasteiger charge is 2.22. The lowest BCUT2D eigenvalue weighted by Crippen LogP contribution is -2.37. The molecule has 1 N–H and O–H groups in total. The van der Waals surface area contributed by atoms with Gasteiger partial charge in [-0.3, -0.25) is 14.5 Å². The quantitative estimate of drug-likeness (QED) is 0.786. The van der Waals surface area contributed by atoms with Crippen LogP contribution in [0.5, 0.6) is 0 Å². The van der Waals surface area contributed by atoms with Crippen LogP contribution < -0.4 is 10.2 Å². The number of amides is 2. The van der Waals surface area contributed by atoms with Crippen LogP contribution in [0.3, 0.4) is 0 Å². The topological polar surface area (TPSA) is 75.7 Å². The third-order valence-corrected chi connectivity index (χ3v) is 3.57. The normalized spacial score (nSPS) is 10.2. The first kappa shape index (κ1) is 20.0. The highest BCUT2D eigenvalue weighted by Crippen LogP contribution is 2.23. The van der Waals surface area contributed by atoms with Crippen LogP contribution in [-0.4, -0.2) is 30.9 Å². The van der Waals surface area contributed by atoms with E-state index in [1.807, 2.05) is 0 Å². The molecule has 0 atom stereocenters. The molecule has 0 heterocycles. The Bertz CT molecular complexity index is 833. The number of hydrogen-bond donors (Lipinski definition) is 1. The molecule has 142 valence electrons. The van der Waals surface area contributed by atoms with Gasteiger partial charge >= 0.3 is 5.97 Å². The fourth-order valence-electron chi connectivity index (χ4n) is 2.34. The Morgan fingerprint density at radius 1 is 1.04 bits per heavy atom. The van der Waals surface area contributed by atoms with Crippen LogP contribution in [0.25, 0.3) is 0 Å². The largest absolute Gasteiger partial charge is 0.462 e. The van der Waals surface area contributed by atoms with Gasteiger partial charge in [-0.1, -0.05) is 6.07 Å². The molecule has 0 aliphatic carbocycles. The molecule has 0 radical (unpaired) electrons. The van der Waals surface area contributed by atoms with E-state index in [-0.39, 0.29) is 6.61 Å². The Morgan fingerprint density at radius 3 is 2.15 bits per heavy atom. The fourth-order valence-corrected chi connectivity index (χ4v) is 2.34. The highest BCUT2D eigenvalue weighted by atomic mass is 19.1. The van der Waals surface area contributed by atoms with Crippen LogP contribution in [0.15, 0.2) is 42.5 Å². The molecule has 2 amide bonds. The number of rotatable bonds is 6. The zero-order chi connectivity index (χ0) is 20.0. The van der Waals surface area contributed by atoms with Crippen molar-refractivity contribution in [1.29, 1.82) is 0 Å². The summed E-state index contributed by atoms with van der Waals surface area (Å²) in [6, 6.07) is 9.05. The lowest BCUT2D eigenvalue weighted by molar-refractivity contribution is -0.120. The third-order valence-electron chi connectivity index (χ3n) is 3.57. The van der Waals surface area contributed by atoms with Crippen LogP contribution >= 0.6 is 0 Å². The summed E-state index contributed by atoms with van der Waals surface area (Å²) in [5.41, 5.74) is 0.0806. The van der Waals surface area contributed by atoms with Gasteiger partial charge in [0.15, 0.2) is 0 Å². The summed E-state index contributed by atoms with van der Waals surface area (Å²) >= 11 is 0. The summed E-state index contributed by atoms with van der Waals surface area (Å²) in [7, 11) is 0. The number of halogens is 2. The second-order valence-corrected chi connectivity index (χ2v) is 5.52. The molecule has 0 saturated heterocycles. The van der Waals surface area contributed by atoms with Crippen molar-refractivity contribution >= 4 is 29.2 Å². The van der Waals surface area contributed by atoms with E-state index in [2.05, 4.69) is 5.32 Å². The Morgan fingerprint density at radius 2 is 1.63 bits per heavy atom. The summed E-state index contributed by atoms with van der Waals surface area (Å²) in [4.78, 5) is 36.3. The van der Waals surface area contributed by atoms with Crippen molar-refractivity contribution in [2.24, 2.45) is 0 Å². The molecule has 27 heavy (non-hydrogen) atoms. The summed E-state index contributed by atoms with van der Waals surface area (Å²) < 4.78 is 32.7. The van der Waals surface area contributed by atoms with Gasteiger partial charge in [-0.2, -0.15) is 0 Å². The molecule has 0 fully saturated rings. The van der Waals surface area contributed by atoms with Gasteiger partial charge in [-0.05, 0) is 43.3 Å². The Balaban J connectivity index is 2.11. The number of carbonyl (C=O) groups excluding carboxylic acids is 3. The average Bonchev–Trinajstić information content (AvgIpc) is 2.61. The molecule has 8 heteroatoms. The molecular weight excluding hydrogens is 358 g/mol. The van der Waals surface area contributed by atoms with Crippen LogP contribution in [0, 0.1) is 11.6 Å². The number of anilines is 2. The maximum atomic E-state index is 13.9. The van der Waals surface area contributed by atoms with E-state index in [1.54, 1.807) is 6.92 Å². The van der Waals surface area contributed by atoms with Crippen molar-refractivity contribution in [3.8, 4) is 0 Å². The minimum absolute atomic E-state index is 0.241. The van der Waals surface area contributed by atoms with Crippen LogP contribution in [0.4, 0.5) is 20.2 Å². The summed E-state index contributed by atoms with van der Waals surface area (Å²) in [6.45, 7) is 2.45. The minimum Gasteiger partial charge on any atom is -0.462 e. The van der Waals surface area contributed by atoms with Crippen LogP contribution in [-0.2, 0) is 14.3 Å². The Kier molecular flexibility index (Phi) is 6.59. The monoisotopic (exact) mass is 376 g/mol. The SMILES string of the molecule is CCOC(=O)c1ccc(NC(=O)CN(C(C)=O)c2c(F)cccc2F)cc1. The number of esters is 1. The van der Waals surface area contributed by atoms with Gasteiger partial charge < -0.3 is 10.1 Å². The second kappa shape index (κ2) is 8.88. The van der Waals surface area contributed by atoms with Gasteiger partial charge in [0.25, 0.3) is 0 Å². The molecule has 0 aliphatic heterocycles. The number of nitrogens with zero attached hydrogens (tertiary/aromatic N) is 1. The molecule has 2 aromatic rings. The van der Waals surface area contributed by atoms with E-state index >= 15 is 0 Å². The highest BCUT2D eigenvalue weighted by molar-refractivity contribution is 6.02. The van der Waals surface area contributed by atoms with Gasteiger partial charge in [-0.15, -0.1) is 0 Å². The lowest BCUT2D eigenvalue weighted by atomic mass is 10.2. The zero-order valence-electron chi connectivity index (χ0n) is 14.8. The Hall–Kier alpha value is -3.29. The minimum atomic E-state index is -0.947. The molecule has 2 rings (SSSR count). The zero-order valence-corrected chi connectivity index (χ0v) is 14.8. The van der Waals surface area contributed by atoms with Crippen molar-refractivity contribution in [1.82, 2.24) is 0 Å². The molecule has 6 nitrogen and oxygen atoms in total. The van der Waals surface area contributed by atoms with E-state index in [0.29, 0.717) is 16.2 Å². The van der Waals surface area contributed by atoms with E-state index in [9.17, 15) is 23.2 Å². The molecule has 0 spiro atoms. The van der Waals surface area contributed by atoms with Gasteiger partial charge in [0, 0.05) is 12.6 Å². The van der Waals surface area contributed by atoms with Crippen LogP contribution in [0.2, 0.25) is 0 Å². The lowest BCUT2D eigenvalue weighted by Gasteiger charge is -2.21. The predicted molar refractivity (Wildman–Crippen MR) is 95.4 cm³/mol. The van der Waals surface area contributed by atoms with Gasteiger partial charge in [0.2, 0.25) is 11.8 Å². The van der Waals surface area contributed by atoms with E-state index in [0.717, 1.165) is 25.1 Å². The molecule has 0 saturated carbocycles. The number of hydrogen-bond acceptors (Lipinski definition) is 4. The molecule has 2 aromatic carbocycles. The summed E-state index contributed by atoms with van der Waals surface area (Å²) in [6.07, 6.45) is 0. The predicted octanol–water partition coefficient (Wildman–Crippen LogP) is 3.13. The first-order valence-corrected chi connectivity index (χ1v) is 8.12. The maximum absolute atomic E-state index is 13.9. The average molecular weight is 376 g/mol. The molecule has 0 aromatic heterocycles. The number of nitrogens with one attached hydrogen (secondary N) is 1. The maximum Gasteiger partial charge on any atom is 0.338 e. The smallest absolute Gasteiger partial charge is 0.338 e. The number of benzene rings is 2. The van der Waals surface area contributed by atoms with E-state index in [1.165, 1.54) is 24.3 Å². The number of para-hydroxylation sites is 1. The fraction of sp³-hybridized carbons (Fsp3) is 0.211. The summed E-state index contributed by atoms with van der Waals surface area (Å²) in [5.74, 6) is -3.73. The number of carbonyl (C=O) groups is 3. The first-order valence-electron chi connectivity index (χ1n) is 8.12. The molecule has 0 bridgehead atoms. The van der Waals surface area contributed by atoms with Crippen LogP contribution in [0.1, 0.15) is 24.2 Å². The summed E-state index contributed by atoms with van der Waals surface area (Å²) in [5, 5.41) is 2.50. The van der Waals surface area contributed by atoms with Crippen molar-refractivity contribution in [2.45, 2.75) is 13.8 Å². The van der Waals surface area contributed by atoms with E-state index in [4.69, 9.17) is 4.74 Å². The first-order chi connectivity index (χ1) is 12.8. The molecular formula is C19H18F2N2O4. The van der Waals surface area contributed by atoms with E-state index < -0.39 is 41.7 Å². The van der Waals surface area contributed by atoms with Crippen molar-refractivity contribution in [3.05, 3.63) is 59.7 Å². The van der Waals surface area contributed by atoms with Crippen molar-refractivity contribution < 1.29 is 27.9 Å². The van der Waals surface area contributed by atoms with Crippen molar-refractivity contribution in [2.75, 3.05) is 23.4 Å². The second-order valence-electron chi connectivity index (χ2n) is 5.52. The van der Waals surface area contributed by atoms with Gasteiger partial charge in [0.05, 0.1) is 12.2 Å². The van der Waals surface area contributed by atoms with Crippen molar-refractivity contribution in [3.63, 3.8) is 0 Å². The standard InChI is InChI=1S/C19H18F2N2O4/c1-3-27-19(26)13-7-9-14(10-8-13)22-17(25)11-23(12(2)24)18-15(20)5-4-6-16(18)21/h4-10H,3,11H2,1-2H3,(H,22,25). The Labute approximate surface area is 154 Å². The number of ether oxygens (including phenoxy) is 1. The molecule has 0 aliphatic rings. The third kappa shape index (κ3) is 5.10. The van der Waals surface area contributed by atoms with Gasteiger partial charge in [0.1, 0.15) is 23.9 Å². The molecule has 0 unspecified atom stereocenters. The van der Waals surface area contributed by atoms with Gasteiger partial charge in [-0.25, -0.2) is 13.6 Å².